The molecule has 3 heteroatoms. The fourth-order valence-electron chi connectivity index (χ4n) is 0.754. The van der Waals surface area contributed by atoms with Gasteiger partial charge in [-0.15, -0.1) is 0 Å². The highest BCUT2D eigenvalue weighted by Crippen LogP contribution is 2.03. The van der Waals surface area contributed by atoms with Crippen LogP contribution in [0.1, 0.15) is 14.2 Å². The summed E-state index contributed by atoms with van der Waals surface area (Å²) in [4.78, 5) is 10.2. The average molecular weight is 117 g/mol. The molecule has 1 heterocycles. The zero-order valence-electron chi connectivity index (χ0n) is 5.42. The third-order valence-corrected chi connectivity index (χ3v) is 1.22. The summed E-state index contributed by atoms with van der Waals surface area (Å²) in [6, 6.07) is -0.479. The Morgan fingerprint density at radius 2 is 2.75 bits per heavy atom. The minimum Gasteiger partial charge on any atom is -0.480 e. The second kappa shape index (κ2) is 2.13. The van der Waals surface area contributed by atoms with Crippen LogP contribution in [0, 0.1) is 0 Å². The zero-order chi connectivity index (χ0) is 6.85. The molecular weight excluding hydrogens is 106 g/mol. The summed E-state index contributed by atoms with van der Waals surface area (Å²) < 4.78 is 7.08. The summed E-state index contributed by atoms with van der Waals surface area (Å²) in [5.41, 5.74) is 0. The van der Waals surface area contributed by atoms with Gasteiger partial charge in [-0.05, 0) is 19.4 Å². The largest absolute Gasteiger partial charge is 0.480 e. The molecule has 3 nitrogen and oxygen atoms in total. The van der Waals surface area contributed by atoms with Crippen molar-refractivity contribution in [1.82, 2.24) is 5.32 Å². The lowest BCUT2D eigenvalue weighted by molar-refractivity contribution is -0.139. The van der Waals surface area contributed by atoms with Crippen molar-refractivity contribution in [3.63, 3.8) is 0 Å². The Labute approximate surface area is 49.1 Å². The van der Waals surface area contributed by atoms with Crippen LogP contribution in [0.4, 0.5) is 0 Å². The topological polar surface area (TPSA) is 49.3 Å². The molecule has 1 rings (SSSR count). The Balaban J connectivity index is 2.39. The van der Waals surface area contributed by atoms with Gasteiger partial charge in [-0.3, -0.25) is 4.79 Å². The molecule has 0 aromatic heterocycles. The van der Waals surface area contributed by atoms with Gasteiger partial charge in [0.15, 0.2) is 0 Å². The molecule has 1 aliphatic rings. The number of hydrogen-bond donors (Lipinski definition) is 2. The number of carbonyl (C=O) groups is 1. The summed E-state index contributed by atoms with van der Waals surface area (Å²) >= 11 is 0. The van der Waals surface area contributed by atoms with E-state index in [1.54, 1.807) is 0 Å². The third kappa shape index (κ3) is 0.980. The van der Waals surface area contributed by atoms with Crippen LogP contribution in [0.15, 0.2) is 0 Å². The lowest BCUT2D eigenvalue weighted by atomic mass is 10.2. The van der Waals surface area contributed by atoms with Gasteiger partial charge >= 0.3 is 5.97 Å². The number of hydrogen-bond acceptors (Lipinski definition) is 2. The summed E-state index contributed by atoms with van der Waals surface area (Å²) in [7, 11) is 0. The van der Waals surface area contributed by atoms with Crippen LogP contribution in [0.2, 0.25) is 0 Å². The van der Waals surface area contributed by atoms with Gasteiger partial charge < -0.3 is 10.4 Å². The van der Waals surface area contributed by atoms with Gasteiger partial charge in [-0.2, -0.15) is 0 Å². The highest BCUT2D eigenvalue weighted by atomic mass is 16.4. The number of rotatable bonds is 1. The molecule has 2 atom stereocenters. The number of carboxylic acid groups (broad SMARTS) is 1. The Bertz CT molecular complexity index is 128. The van der Waals surface area contributed by atoms with E-state index in [0.717, 1.165) is 0 Å². The maximum absolute atomic E-state index is 10.2. The second-order valence-corrected chi connectivity index (χ2v) is 1.84. The average Bonchev–Trinajstić information content (AvgIpc) is 2.14. The predicted molar refractivity (Wildman–Crippen MR) is 28.7 cm³/mol. The van der Waals surface area contributed by atoms with E-state index in [2.05, 4.69) is 5.32 Å². The quantitative estimate of drug-likeness (QED) is 0.501. The van der Waals surface area contributed by atoms with Crippen LogP contribution in [0.3, 0.4) is 0 Å². The van der Waals surface area contributed by atoms with Gasteiger partial charge in [0.2, 0.25) is 0 Å². The molecule has 0 aromatic carbocycles. The third-order valence-electron chi connectivity index (χ3n) is 1.22. The minimum absolute atomic E-state index is 0.369. The normalized spacial score (nSPS) is 39.2. The first-order valence-corrected chi connectivity index (χ1v) is 2.61. The first kappa shape index (κ1) is 4.32. The van der Waals surface area contributed by atoms with Crippen molar-refractivity contribution in [3.05, 3.63) is 0 Å². The summed E-state index contributed by atoms with van der Waals surface area (Å²) in [6.45, 7) is -0.369. The molecule has 1 saturated heterocycles. The molecule has 0 spiro atoms. The van der Waals surface area contributed by atoms with E-state index in [4.69, 9.17) is 6.48 Å². The Kier molecular flexibility index (Phi) is 1.15. The predicted octanol–water partition coefficient (Wildman–Crippen LogP) is -0.177. The Morgan fingerprint density at radius 3 is 3.00 bits per heavy atom. The van der Waals surface area contributed by atoms with Crippen molar-refractivity contribution in [1.29, 1.82) is 0 Å². The van der Waals surface area contributed by atoms with E-state index in [-0.39, 0.29) is 6.52 Å². The molecule has 0 saturated carbocycles. The number of nitrogens with one attached hydrogen (secondary N) is 1. The lowest BCUT2D eigenvalue weighted by Crippen LogP contribution is -2.29. The molecule has 0 aliphatic carbocycles. The van der Waals surface area contributed by atoms with E-state index in [9.17, 15) is 4.79 Å². The monoisotopic (exact) mass is 117 g/mol. The second-order valence-electron chi connectivity index (χ2n) is 1.84. The molecule has 0 radical (unpaired) electrons. The van der Waals surface area contributed by atoms with Crippen molar-refractivity contribution >= 4 is 5.97 Å². The Morgan fingerprint density at radius 1 is 2.00 bits per heavy atom. The number of aliphatic carboxylic acids is 1. The molecular formula is C5H9NO2. The van der Waals surface area contributed by atoms with E-state index in [0.29, 0.717) is 12.8 Å². The molecule has 0 amide bonds. The van der Waals surface area contributed by atoms with Crippen molar-refractivity contribution < 1.29 is 11.3 Å². The smallest absolute Gasteiger partial charge is 0.320 e. The molecule has 1 fully saturated rings. The molecule has 8 heavy (non-hydrogen) atoms. The van der Waals surface area contributed by atoms with Gasteiger partial charge in [0.1, 0.15) is 6.04 Å². The van der Waals surface area contributed by atoms with Crippen LogP contribution in [0.5, 0.6) is 0 Å². The van der Waals surface area contributed by atoms with E-state index in [1.807, 2.05) is 0 Å². The van der Waals surface area contributed by atoms with E-state index < -0.39 is 12.0 Å². The van der Waals surface area contributed by atoms with Crippen molar-refractivity contribution in [2.24, 2.45) is 0 Å². The maximum atomic E-state index is 10.2. The van der Waals surface area contributed by atoms with Crippen LogP contribution in [0.25, 0.3) is 0 Å². The molecule has 0 aromatic rings. The zero-order valence-corrected chi connectivity index (χ0v) is 4.42. The standard InChI is InChI=1S/C5H9NO2/c7-5(8)4-2-1-3-6-4/h4,6H,1-3H2,(H,7,8)/t4-/m0/s1/i3T/t3?,4-. The van der Waals surface area contributed by atoms with Crippen LogP contribution < -0.4 is 5.32 Å². The lowest BCUT2D eigenvalue weighted by Gasteiger charge is -1.99. The minimum atomic E-state index is -0.843. The van der Waals surface area contributed by atoms with Crippen LogP contribution >= 0.6 is 0 Å². The van der Waals surface area contributed by atoms with E-state index in [1.165, 1.54) is 0 Å². The van der Waals surface area contributed by atoms with Crippen LogP contribution in [-0.4, -0.2) is 23.6 Å². The van der Waals surface area contributed by atoms with E-state index >= 15 is 0 Å². The van der Waals surface area contributed by atoms with Gasteiger partial charge in [0.25, 0.3) is 0 Å². The summed E-state index contributed by atoms with van der Waals surface area (Å²) in [5, 5.41) is 11.0. The molecule has 1 aliphatic heterocycles. The molecule has 2 N–H and O–H groups in total. The van der Waals surface area contributed by atoms with Gasteiger partial charge in [-0.1, -0.05) is 0 Å². The maximum Gasteiger partial charge on any atom is 0.320 e. The summed E-state index contributed by atoms with van der Waals surface area (Å²) in [6.07, 6.45) is 1.24. The molecule has 0 bridgehead atoms. The first-order valence-electron chi connectivity index (χ1n) is 3.19. The molecule has 46 valence electrons. The van der Waals surface area contributed by atoms with Gasteiger partial charge in [-0.25, -0.2) is 0 Å². The number of carboxylic acids is 1. The van der Waals surface area contributed by atoms with Gasteiger partial charge in [0.05, 0.1) is 0 Å². The SMILES string of the molecule is [3H]C1CC[C@@H](C(=O)O)N1. The van der Waals surface area contributed by atoms with Crippen molar-refractivity contribution in [3.8, 4) is 0 Å². The fraction of sp³-hybridized carbons (Fsp3) is 0.800. The first-order chi connectivity index (χ1) is 4.20. The Hall–Kier alpha value is -0.570. The molecule has 1 unspecified atom stereocenters. The van der Waals surface area contributed by atoms with Gasteiger partial charge in [0, 0.05) is 1.37 Å². The summed E-state index contributed by atoms with van der Waals surface area (Å²) in [5.74, 6) is -0.843. The van der Waals surface area contributed by atoms with Crippen molar-refractivity contribution in [2.45, 2.75) is 18.9 Å². The highest BCUT2D eigenvalue weighted by Gasteiger charge is 2.20. The van der Waals surface area contributed by atoms with Crippen LogP contribution in [-0.2, 0) is 4.79 Å². The van der Waals surface area contributed by atoms with Crippen molar-refractivity contribution in [2.75, 3.05) is 6.52 Å². The highest BCUT2D eigenvalue weighted by molar-refractivity contribution is 5.73. The fourth-order valence-corrected chi connectivity index (χ4v) is 0.754.